The molecule has 0 aliphatic carbocycles. The number of hydrogen-bond acceptors (Lipinski definition) is 4. The standard InChI is InChI=1S/C8H8N6/c9-8(7-1-3-10-4-2-7)13-14-5-11-12-6-14/h1-6H,(H2,9,13). The van der Waals surface area contributed by atoms with Crippen molar-refractivity contribution in [3.05, 3.63) is 42.7 Å². The van der Waals surface area contributed by atoms with Gasteiger partial charge < -0.3 is 5.73 Å². The lowest BCUT2D eigenvalue weighted by molar-refractivity contribution is 0.869. The minimum atomic E-state index is 0.396. The number of rotatable bonds is 2. The van der Waals surface area contributed by atoms with Crippen LogP contribution in [0.3, 0.4) is 0 Å². The fraction of sp³-hybridized carbons (Fsp3) is 0. The Morgan fingerprint density at radius 1 is 1.21 bits per heavy atom. The highest BCUT2D eigenvalue weighted by atomic mass is 15.4. The molecule has 0 fully saturated rings. The van der Waals surface area contributed by atoms with E-state index in [-0.39, 0.29) is 0 Å². The summed E-state index contributed by atoms with van der Waals surface area (Å²) in [4.78, 5) is 3.88. The molecule has 6 heteroatoms. The maximum atomic E-state index is 5.73. The lowest BCUT2D eigenvalue weighted by atomic mass is 10.2. The summed E-state index contributed by atoms with van der Waals surface area (Å²) in [6, 6.07) is 3.56. The minimum Gasteiger partial charge on any atom is -0.382 e. The summed E-state index contributed by atoms with van der Waals surface area (Å²) in [5.74, 6) is 0.396. The second-order valence-electron chi connectivity index (χ2n) is 2.56. The van der Waals surface area contributed by atoms with Crippen molar-refractivity contribution in [2.75, 3.05) is 0 Å². The highest BCUT2D eigenvalue weighted by Crippen LogP contribution is 1.95. The van der Waals surface area contributed by atoms with Crippen LogP contribution in [0.15, 0.2) is 42.3 Å². The molecular weight excluding hydrogens is 180 g/mol. The van der Waals surface area contributed by atoms with E-state index < -0.39 is 0 Å². The summed E-state index contributed by atoms with van der Waals surface area (Å²) in [5.41, 5.74) is 6.55. The van der Waals surface area contributed by atoms with Gasteiger partial charge in [0.1, 0.15) is 12.7 Å². The number of amidine groups is 1. The van der Waals surface area contributed by atoms with Gasteiger partial charge in [-0.25, -0.2) is 4.68 Å². The van der Waals surface area contributed by atoms with Gasteiger partial charge in [-0.05, 0) is 12.1 Å². The van der Waals surface area contributed by atoms with Crippen molar-refractivity contribution in [2.45, 2.75) is 0 Å². The number of nitrogens with two attached hydrogens (primary N) is 1. The minimum absolute atomic E-state index is 0.396. The topological polar surface area (TPSA) is 82.0 Å². The van der Waals surface area contributed by atoms with Gasteiger partial charge in [-0.1, -0.05) is 0 Å². The van der Waals surface area contributed by atoms with E-state index in [1.165, 1.54) is 17.3 Å². The van der Waals surface area contributed by atoms with E-state index in [0.717, 1.165) is 5.56 Å². The van der Waals surface area contributed by atoms with Gasteiger partial charge >= 0.3 is 0 Å². The molecule has 0 spiro atoms. The van der Waals surface area contributed by atoms with Gasteiger partial charge in [-0.15, -0.1) is 15.3 Å². The fourth-order valence-corrected chi connectivity index (χ4v) is 0.952. The van der Waals surface area contributed by atoms with Crippen LogP contribution >= 0.6 is 0 Å². The zero-order valence-electron chi connectivity index (χ0n) is 7.28. The van der Waals surface area contributed by atoms with Gasteiger partial charge in [0.25, 0.3) is 0 Å². The van der Waals surface area contributed by atoms with Crippen molar-refractivity contribution >= 4 is 5.84 Å². The maximum Gasteiger partial charge on any atom is 0.151 e. The molecule has 2 heterocycles. The molecule has 2 aromatic rings. The van der Waals surface area contributed by atoms with Crippen molar-refractivity contribution < 1.29 is 0 Å². The molecule has 0 saturated carbocycles. The van der Waals surface area contributed by atoms with E-state index in [4.69, 9.17) is 5.73 Å². The second-order valence-corrected chi connectivity index (χ2v) is 2.56. The number of pyridine rings is 1. The molecule has 14 heavy (non-hydrogen) atoms. The molecule has 0 aliphatic rings. The summed E-state index contributed by atoms with van der Waals surface area (Å²) in [6.07, 6.45) is 6.25. The van der Waals surface area contributed by atoms with Gasteiger partial charge in [0.15, 0.2) is 5.84 Å². The van der Waals surface area contributed by atoms with Crippen molar-refractivity contribution in [2.24, 2.45) is 10.8 Å². The van der Waals surface area contributed by atoms with Gasteiger partial charge in [0.2, 0.25) is 0 Å². The van der Waals surface area contributed by atoms with E-state index in [1.807, 2.05) is 0 Å². The molecule has 2 aromatic heterocycles. The molecule has 0 unspecified atom stereocenters. The van der Waals surface area contributed by atoms with Crippen LogP contribution in [0.5, 0.6) is 0 Å². The van der Waals surface area contributed by atoms with Gasteiger partial charge in [-0.2, -0.15) is 0 Å². The Kier molecular flexibility index (Phi) is 2.18. The van der Waals surface area contributed by atoms with Crippen molar-refractivity contribution in [3.63, 3.8) is 0 Å². The third-order valence-electron chi connectivity index (χ3n) is 1.61. The highest BCUT2D eigenvalue weighted by Gasteiger charge is 1.96. The summed E-state index contributed by atoms with van der Waals surface area (Å²) in [6.45, 7) is 0. The number of hydrogen-bond donors (Lipinski definition) is 1. The summed E-state index contributed by atoms with van der Waals surface area (Å²) in [5, 5.41) is 11.3. The summed E-state index contributed by atoms with van der Waals surface area (Å²) < 4.78 is 1.44. The average molecular weight is 188 g/mol. The predicted octanol–water partition coefficient (Wildman–Crippen LogP) is -0.158. The number of aromatic nitrogens is 4. The fourth-order valence-electron chi connectivity index (χ4n) is 0.952. The molecule has 0 saturated heterocycles. The largest absolute Gasteiger partial charge is 0.382 e. The van der Waals surface area contributed by atoms with Gasteiger partial charge in [-0.3, -0.25) is 4.98 Å². The highest BCUT2D eigenvalue weighted by molar-refractivity contribution is 5.97. The first-order valence-corrected chi connectivity index (χ1v) is 3.96. The Balaban J connectivity index is 2.29. The van der Waals surface area contributed by atoms with Gasteiger partial charge in [0.05, 0.1) is 0 Å². The summed E-state index contributed by atoms with van der Waals surface area (Å²) >= 11 is 0. The molecule has 0 atom stereocenters. The third-order valence-corrected chi connectivity index (χ3v) is 1.61. The van der Waals surface area contributed by atoms with Crippen LogP contribution in [0.1, 0.15) is 5.56 Å². The zero-order valence-corrected chi connectivity index (χ0v) is 7.28. The lowest BCUT2D eigenvalue weighted by Crippen LogP contribution is -2.14. The molecule has 0 aromatic carbocycles. The smallest absolute Gasteiger partial charge is 0.151 e. The molecule has 0 amide bonds. The molecular formula is C8H8N6. The van der Waals surface area contributed by atoms with Crippen LogP contribution < -0.4 is 5.73 Å². The second kappa shape index (κ2) is 3.65. The maximum absolute atomic E-state index is 5.73. The van der Waals surface area contributed by atoms with Crippen LogP contribution in [-0.4, -0.2) is 25.7 Å². The first-order chi connectivity index (χ1) is 6.86. The first-order valence-electron chi connectivity index (χ1n) is 3.96. The Labute approximate surface area is 80.1 Å². The van der Waals surface area contributed by atoms with E-state index >= 15 is 0 Å². The molecule has 70 valence electrons. The Bertz CT molecular complexity index is 418. The Morgan fingerprint density at radius 2 is 1.86 bits per heavy atom. The first kappa shape index (κ1) is 8.36. The van der Waals surface area contributed by atoms with Crippen molar-refractivity contribution in [1.82, 2.24) is 19.9 Å². The average Bonchev–Trinajstić information content (AvgIpc) is 2.72. The number of nitrogens with zero attached hydrogens (tertiary/aromatic N) is 5. The van der Waals surface area contributed by atoms with Crippen LogP contribution in [-0.2, 0) is 0 Å². The van der Waals surface area contributed by atoms with E-state index in [1.54, 1.807) is 24.5 Å². The molecule has 2 rings (SSSR count). The molecule has 2 N–H and O–H groups in total. The van der Waals surface area contributed by atoms with Crippen LogP contribution in [0.25, 0.3) is 0 Å². The molecule has 0 aliphatic heterocycles. The van der Waals surface area contributed by atoms with Crippen LogP contribution in [0, 0.1) is 0 Å². The third kappa shape index (κ3) is 1.74. The SMILES string of the molecule is N/C(=N\n1cnnc1)c1ccncc1. The normalized spacial score (nSPS) is 11.6. The monoisotopic (exact) mass is 188 g/mol. The quantitative estimate of drug-likeness (QED) is 0.524. The Hall–Kier alpha value is -2.24. The molecule has 0 radical (unpaired) electrons. The van der Waals surface area contributed by atoms with E-state index in [2.05, 4.69) is 20.3 Å². The predicted molar refractivity (Wildman–Crippen MR) is 50.4 cm³/mol. The molecule has 6 nitrogen and oxygen atoms in total. The Morgan fingerprint density at radius 3 is 2.50 bits per heavy atom. The van der Waals surface area contributed by atoms with E-state index in [0.29, 0.717) is 5.84 Å². The summed E-state index contributed by atoms with van der Waals surface area (Å²) in [7, 11) is 0. The van der Waals surface area contributed by atoms with Crippen LogP contribution in [0.2, 0.25) is 0 Å². The molecule has 0 bridgehead atoms. The van der Waals surface area contributed by atoms with Crippen molar-refractivity contribution in [3.8, 4) is 0 Å². The van der Waals surface area contributed by atoms with Crippen LogP contribution in [0.4, 0.5) is 0 Å². The van der Waals surface area contributed by atoms with E-state index in [9.17, 15) is 0 Å². The van der Waals surface area contributed by atoms with Gasteiger partial charge in [0, 0.05) is 18.0 Å². The zero-order chi connectivity index (χ0) is 9.80. The van der Waals surface area contributed by atoms with Crippen molar-refractivity contribution in [1.29, 1.82) is 0 Å². The lowest BCUT2D eigenvalue weighted by Gasteiger charge is -1.98.